The molecule has 0 heterocycles. The van der Waals surface area contributed by atoms with Gasteiger partial charge in [0.15, 0.2) is 0 Å². The Hall–Kier alpha value is -8.98. The maximum Gasteiger partial charge on any atom is 0.0540 e. The van der Waals surface area contributed by atoms with Crippen molar-refractivity contribution in [1.29, 1.82) is 0 Å². The SMILES string of the molecule is c1ccc(-c2ccc(N(c3ccc(-c4ccccc4)cc3)c3ccc(-c4ccc(N(c5ccccc5)c5cccc(-c6ccccc6)c5)c(-c5ccccc5)c4)cc3-c3ccccc3)cc2)cc1. The third-order valence-electron chi connectivity index (χ3n) is 12.7. The first-order valence-corrected chi connectivity index (χ1v) is 23.2. The van der Waals surface area contributed by atoms with Gasteiger partial charge in [0, 0.05) is 33.9 Å². The lowest BCUT2D eigenvalue weighted by atomic mass is 9.93. The molecule has 0 amide bonds. The van der Waals surface area contributed by atoms with Crippen molar-refractivity contribution in [2.75, 3.05) is 9.80 Å². The van der Waals surface area contributed by atoms with Crippen molar-refractivity contribution in [3.8, 4) is 66.8 Å². The number of para-hydroxylation sites is 1. The molecule has 68 heavy (non-hydrogen) atoms. The van der Waals surface area contributed by atoms with Crippen LogP contribution in [0.2, 0.25) is 0 Å². The Labute approximate surface area is 400 Å². The minimum atomic E-state index is 1.08. The van der Waals surface area contributed by atoms with Crippen LogP contribution in [0, 0.1) is 0 Å². The molecular weight excluding hydrogens is 821 g/mol. The zero-order valence-electron chi connectivity index (χ0n) is 37.6. The van der Waals surface area contributed by atoms with Gasteiger partial charge in [-0.2, -0.15) is 0 Å². The van der Waals surface area contributed by atoms with Crippen LogP contribution in [0.15, 0.2) is 291 Å². The van der Waals surface area contributed by atoms with Gasteiger partial charge in [-0.25, -0.2) is 0 Å². The maximum atomic E-state index is 2.40. The quantitative estimate of drug-likeness (QED) is 0.121. The van der Waals surface area contributed by atoms with E-state index in [4.69, 9.17) is 0 Å². The minimum absolute atomic E-state index is 1.08. The molecule has 0 spiro atoms. The van der Waals surface area contributed by atoms with Crippen LogP contribution >= 0.6 is 0 Å². The van der Waals surface area contributed by atoms with Gasteiger partial charge in [0.25, 0.3) is 0 Å². The van der Waals surface area contributed by atoms with Crippen molar-refractivity contribution in [2.24, 2.45) is 0 Å². The van der Waals surface area contributed by atoms with E-state index in [1.54, 1.807) is 0 Å². The van der Waals surface area contributed by atoms with E-state index in [0.717, 1.165) is 67.5 Å². The zero-order chi connectivity index (χ0) is 45.5. The molecule has 11 aromatic rings. The lowest BCUT2D eigenvalue weighted by Crippen LogP contribution is -2.12. The zero-order valence-corrected chi connectivity index (χ0v) is 37.6. The highest BCUT2D eigenvalue weighted by Gasteiger charge is 2.22. The fourth-order valence-electron chi connectivity index (χ4n) is 9.27. The van der Waals surface area contributed by atoms with Gasteiger partial charge in [-0.15, -0.1) is 0 Å². The summed E-state index contributed by atoms with van der Waals surface area (Å²) in [6, 6.07) is 105. The molecular formula is C66H48N2. The molecule has 11 rings (SSSR count). The van der Waals surface area contributed by atoms with Crippen molar-refractivity contribution in [3.05, 3.63) is 291 Å². The Morgan fingerprint density at radius 2 is 0.426 bits per heavy atom. The lowest BCUT2D eigenvalue weighted by Gasteiger charge is -2.29. The standard InChI is InChI=1S/C66H48N2/c1-7-20-49(21-8-1)52-34-40-60(41-35-52)67(61-42-36-53(37-43-61)50-22-9-2-10-23-50)65-44-38-57(47-63(65)54-26-13-4-14-27-54)58-39-45-66(64(48-58)55-28-15-5-16-29-55)68(59-31-17-6-18-32-59)62-33-19-30-56(46-62)51-24-11-3-12-25-51/h1-48H. The van der Waals surface area contributed by atoms with Gasteiger partial charge in [0.05, 0.1) is 11.4 Å². The van der Waals surface area contributed by atoms with Crippen LogP contribution in [-0.2, 0) is 0 Å². The second-order valence-electron chi connectivity index (χ2n) is 16.9. The van der Waals surface area contributed by atoms with Crippen LogP contribution in [-0.4, -0.2) is 0 Å². The van der Waals surface area contributed by atoms with Gasteiger partial charge in [0.2, 0.25) is 0 Å². The van der Waals surface area contributed by atoms with E-state index < -0.39 is 0 Å². The minimum Gasteiger partial charge on any atom is -0.310 e. The fourth-order valence-corrected chi connectivity index (χ4v) is 9.27. The first-order chi connectivity index (χ1) is 33.7. The topological polar surface area (TPSA) is 6.48 Å². The molecule has 2 nitrogen and oxygen atoms in total. The highest BCUT2D eigenvalue weighted by Crippen LogP contribution is 2.46. The summed E-state index contributed by atoms with van der Waals surface area (Å²) in [7, 11) is 0. The molecule has 322 valence electrons. The summed E-state index contributed by atoms with van der Waals surface area (Å²) in [6.07, 6.45) is 0. The maximum absolute atomic E-state index is 2.40. The number of hydrogen-bond donors (Lipinski definition) is 0. The van der Waals surface area contributed by atoms with E-state index >= 15 is 0 Å². The number of nitrogens with zero attached hydrogens (tertiary/aromatic N) is 2. The third kappa shape index (κ3) is 8.75. The van der Waals surface area contributed by atoms with Gasteiger partial charge >= 0.3 is 0 Å². The number of hydrogen-bond acceptors (Lipinski definition) is 2. The second-order valence-corrected chi connectivity index (χ2v) is 16.9. The molecule has 0 saturated heterocycles. The molecule has 0 bridgehead atoms. The van der Waals surface area contributed by atoms with E-state index in [9.17, 15) is 0 Å². The molecule has 11 aromatic carbocycles. The highest BCUT2D eigenvalue weighted by atomic mass is 15.1. The average Bonchev–Trinajstić information content (AvgIpc) is 3.43. The predicted molar refractivity (Wildman–Crippen MR) is 288 cm³/mol. The molecule has 0 atom stereocenters. The molecule has 0 aliphatic heterocycles. The van der Waals surface area contributed by atoms with Gasteiger partial charge in [0.1, 0.15) is 0 Å². The number of anilines is 6. The van der Waals surface area contributed by atoms with E-state index in [1.807, 2.05) is 0 Å². The van der Waals surface area contributed by atoms with Crippen LogP contribution in [0.1, 0.15) is 0 Å². The van der Waals surface area contributed by atoms with E-state index in [-0.39, 0.29) is 0 Å². The molecule has 0 radical (unpaired) electrons. The highest BCUT2D eigenvalue weighted by molar-refractivity contribution is 5.94. The first-order valence-electron chi connectivity index (χ1n) is 23.2. The third-order valence-corrected chi connectivity index (χ3v) is 12.7. The molecule has 0 fully saturated rings. The van der Waals surface area contributed by atoms with Crippen LogP contribution in [0.25, 0.3) is 66.8 Å². The fraction of sp³-hybridized carbons (Fsp3) is 0. The Kier molecular flexibility index (Phi) is 11.8. The van der Waals surface area contributed by atoms with Gasteiger partial charge in [-0.1, -0.05) is 218 Å². The monoisotopic (exact) mass is 868 g/mol. The van der Waals surface area contributed by atoms with Crippen LogP contribution in [0.4, 0.5) is 34.1 Å². The van der Waals surface area contributed by atoms with Crippen LogP contribution in [0.3, 0.4) is 0 Å². The Balaban J connectivity index is 1.06. The van der Waals surface area contributed by atoms with Gasteiger partial charge in [-0.3, -0.25) is 0 Å². The smallest absolute Gasteiger partial charge is 0.0540 e. The number of rotatable bonds is 12. The molecule has 0 saturated carbocycles. The summed E-state index contributed by atoms with van der Waals surface area (Å²) in [4.78, 5) is 4.79. The number of benzene rings is 11. The molecule has 0 aromatic heterocycles. The Bertz CT molecular complexity index is 3310. The first kappa shape index (κ1) is 41.7. The second kappa shape index (κ2) is 19.2. The Morgan fingerprint density at radius 3 is 0.838 bits per heavy atom. The molecule has 0 aliphatic carbocycles. The molecule has 0 N–H and O–H groups in total. The molecule has 0 unspecified atom stereocenters. The molecule has 2 heteroatoms. The van der Waals surface area contributed by atoms with Crippen molar-refractivity contribution in [3.63, 3.8) is 0 Å². The van der Waals surface area contributed by atoms with Crippen molar-refractivity contribution in [1.82, 2.24) is 0 Å². The summed E-state index contributed by atoms with van der Waals surface area (Å²) >= 11 is 0. The van der Waals surface area contributed by atoms with Crippen LogP contribution in [0.5, 0.6) is 0 Å². The van der Waals surface area contributed by atoms with Crippen molar-refractivity contribution in [2.45, 2.75) is 0 Å². The summed E-state index contributed by atoms with van der Waals surface area (Å²) < 4.78 is 0. The van der Waals surface area contributed by atoms with E-state index in [2.05, 4.69) is 301 Å². The normalized spacial score (nSPS) is 10.9. The Morgan fingerprint density at radius 1 is 0.162 bits per heavy atom. The van der Waals surface area contributed by atoms with E-state index in [0.29, 0.717) is 0 Å². The largest absolute Gasteiger partial charge is 0.310 e. The van der Waals surface area contributed by atoms with Crippen molar-refractivity contribution < 1.29 is 0 Å². The summed E-state index contributed by atoms with van der Waals surface area (Å²) in [6.45, 7) is 0. The van der Waals surface area contributed by atoms with Crippen LogP contribution < -0.4 is 9.80 Å². The van der Waals surface area contributed by atoms with Gasteiger partial charge < -0.3 is 9.80 Å². The lowest BCUT2D eigenvalue weighted by molar-refractivity contribution is 1.28. The summed E-state index contributed by atoms with van der Waals surface area (Å²) in [5, 5.41) is 0. The van der Waals surface area contributed by atoms with Crippen molar-refractivity contribution >= 4 is 34.1 Å². The summed E-state index contributed by atoms with van der Waals surface area (Å²) in [5.41, 5.74) is 20.5. The molecule has 0 aliphatic rings. The van der Waals surface area contributed by atoms with Gasteiger partial charge in [-0.05, 0) is 128 Å². The predicted octanol–water partition coefficient (Wildman–Crippen LogP) is 18.6. The summed E-state index contributed by atoms with van der Waals surface area (Å²) in [5.74, 6) is 0. The van der Waals surface area contributed by atoms with E-state index in [1.165, 1.54) is 33.4 Å². The average molecular weight is 869 g/mol.